The van der Waals surface area contributed by atoms with Gasteiger partial charge in [0.15, 0.2) is 0 Å². The summed E-state index contributed by atoms with van der Waals surface area (Å²) in [5.74, 6) is 0.180. The lowest BCUT2D eigenvalue weighted by Crippen LogP contribution is -2.14. The van der Waals surface area contributed by atoms with Crippen LogP contribution in [0.4, 0.5) is 17.3 Å². The van der Waals surface area contributed by atoms with Crippen LogP contribution in [-0.4, -0.2) is 28.3 Å². The number of hydrogen-bond donors (Lipinski definition) is 2. The molecule has 2 radical (unpaired) electrons. The van der Waals surface area contributed by atoms with Gasteiger partial charge >= 0.3 is 0 Å². The van der Waals surface area contributed by atoms with E-state index in [9.17, 15) is 4.79 Å². The van der Waals surface area contributed by atoms with Crippen LogP contribution in [0.25, 0.3) is 11.0 Å². The molecule has 6 nitrogen and oxygen atoms in total. The lowest BCUT2D eigenvalue weighted by Gasteiger charge is -2.09. The topological polar surface area (TPSA) is 71.8 Å². The standard InChI is InChI=1S/C20H14BCl2N5O/c1-28-17-10-24-16(19(29)25-12-7-5-11(21)6-8-12)9-15(17)26-20(28)27-18-13(22)3-2-4-14(18)23/h2-10H,1H3,(H,25,29)(H,26,27). The third-order valence-corrected chi connectivity index (χ3v) is 5.00. The van der Waals surface area contributed by atoms with E-state index in [2.05, 4.69) is 20.6 Å². The predicted molar refractivity (Wildman–Crippen MR) is 118 cm³/mol. The van der Waals surface area contributed by atoms with Crippen LogP contribution < -0.4 is 16.1 Å². The highest BCUT2D eigenvalue weighted by atomic mass is 35.5. The van der Waals surface area contributed by atoms with Gasteiger partial charge in [-0.25, -0.2) is 9.97 Å². The van der Waals surface area contributed by atoms with Crippen molar-refractivity contribution in [3.8, 4) is 0 Å². The molecule has 4 rings (SSSR count). The minimum Gasteiger partial charge on any atom is -0.323 e. The van der Waals surface area contributed by atoms with Crippen LogP contribution in [0.15, 0.2) is 54.7 Å². The summed E-state index contributed by atoms with van der Waals surface area (Å²) in [6, 6.07) is 13.7. The maximum Gasteiger partial charge on any atom is 0.274 e. The van der Waals surface area contributed by atoms with Gasteiger partial charge < -0.3 is 15.2 Å². The molecule has 2 heterocycles. The third-order valence-electron chi connectivity index (χ3n) is 4.37. The Morgan fingerprint density at radius 3 is 2.48 bits per heavy atom. The summed E-state index contributed by atoms with van der Waals surface area (Å²) >= 11 is 12.5. The lowest BCUT2D eigenvalue weighted by atomic mass is 9.96. The number of halogens is 2. The number of amides is 1. The van der Waals surface area contributed by atoms with E-state index in [1.165, 1.54) is 0 Å². The van der Waals surface area contributed by atoms with Crippen molar-refractivity contribution in [2.24, 2.45) is 7.05 Å². The number of aromatic nitrogens is 3. The number of hydrogen-bond acceptors (Lipinski definition) is 4. The number of nitrogens with one attached hydrogen (secondary N) is 2. The Balaban J connectivity index is 1.63. The largest absolute Gasteiger partial charge is 0.323 e. The third kappa shape index (κ3) is 3.92. The number of pyridine rings is 1. The van der Waals surface area contributed by atoms with Crippen LogP contribution in [0.3, 0.4) is 0 Å². The van der Waals surface area contributed by atoms with Gasteiger partial charge in [0.1, 0.15) is 13.5 Å². The Bertz CT molecular complexity index is 1200. The zero-order valence-electron chi connectivity index (χ0n) is 15.3. The van der Waals surface area contributed by atoms with Crippen molar-refractivity contribution in [1.29, 1.82) is 0 Å². The fourth-order valence-electron chi connectivity index (χ4n) is 2.82. The van der Waals surface area contributed by atoms with Gasteiger partial charge in [-0.2, -0.15) is 0 Å². The summed E-state index contributed by atoms with van der Waals surface area (Å²) in [7, 11) is 7.49. The van der Waals surface area contributed by atoms with Crippen molar-refractivity contribution in [2.75, 3.05) is 10.6 Å². The molecule has 0 saturated heterocycles. The number of para-hydroxylation sites is 1. The maximum absolute atomic E-state index is 12.5. The van der Waals surface area contributed by atoms with E-state index >= 15 is 0 Å². The van der Waals surface area contributed by atoms with Crippen LogP contribution in [0, 0.1) is 0 Å². The Morgan fingerprint density at radius 1 is 1.10 bits per heavy atom. The summed E-state index contributed by atoms with van der Waals surface area (Å²) in [5, 5.41) is 6.88. The molecule has 0 saturated carbocycles. The van der Waals surface area contributed by atoms with Crippen molar-refractivity contribution in [3.05, 3.63) is 70.5 Å². The van der Waals surface area contributed by atoms with Gasteiger partial charge in [-0.1, -0.05) is 46.9 Å². The van der Waals surface area contributed by atoms with Crippen LogP contribution in [-0.2, 0) is 7.05 Å². The second-order valence-corrected chi connectivity index (χ2v) is 7.16. The van der Waals surface area contributed by atoms with E-state index in [0.717, 1.165) is 5.52 Å². The molecule has 0 aliphatic rings. The van der Waals surface area contributed by atoms with Gasteiger partial charge in [0.2, 0.25) is 5.95 Å². The van der Waals surface area contributed by atoms with Crippen molar-refractivity contribution >= 4 is 70.8 Å². The molecule has 0 aliphatic carbocycles. The minimum atomic E-state index is -0.342. The molecular weight excluding hydrogens is 408 g/mol. The first kappa shape index (κ1) is 19.3. The van der Waals surface area contributed by atoms with E-state index in [0.29, 0.717) is 38.3 Å². The monoisotopic (exact) mass is 421 g/mol. The Hall–Kier alpha value is -3.03. The molecule has 142 valence electrons. The van der Waals surface area contributed by atoms with E-state index < -0.39 is 0 Å². The van der Waals surface area contributed by atoms with Crippen molar-refractivity contribution in [3.63, 3.8) is 0 Å². The molecule has 1 amide bonds. The molecule has 2 aromatic carbocycles. The normalized spacial score (nSPS) is 10.9. The van der Waals surface area contributed by atoms with E-state index in [-0.39, 0.29) is 11.6 Å². The first-order valence-corrected chi connectivity index (χ1v) is 9.38. The molecular formula is C20H14BCl2N5O. The zero-order chi connectivity index (χ0) is 20.5. The Morgan fingerprint density at radius 2 is 1.79 bits per heavy atom. The fraction of sp³-hybridized carbons (Fsp3) is 0.0500. The van der Waals surface area contributed by atoms with Crippen molar-refractivity contribution < 1.29 is 4.79 Å². The van der Waals surface area contributed by atoms with Gasteiger partial charge in [0, 0.05) is 12.7 Å². The predicted octanol–water partition coefficient (Wildman–Crippen LogP) is 4.06. The number of benzene rings is 2. The second-order valence-electron chi connectivity index (χ2n) is 6.35. The molecule has 2 aromatic heterocycles. The number of carbonyl (C=O) groups excluding carboxylic acids is 1. The van der Waals surface area contributed by atoms with Crippen molar-refractivity contribution in [1.82, 2.24) is 14.5 Å². The molecule has 0 bridgehead atoms. The molecule has 0 atom stereocenters. The summed E-state index contributed by atoms with van der Waals surface area (Å²) in [6.07, 6.45) is 1.60. The zero-order valence-corrected chi connectivity index (χ0v) is 16.8. The fourth-order valence-corrected chi connectivity index (χ4v) is 3.31. The number of fused-ring (bicyclic) bond motifs is 1. The molecule has 0 unspecified atom stereocenters. The van der Waals surface area contributed by atoms with Gasteiger partial charge in [-0.15, -0.1) is 0 Å². The summed E-state index contributed by atoms with van der Waals surface area (Å²) in [4.78, 5) is 21.3. The molecule has 4 aromatic rings. The number of rotatable bonds is 4. The van der Waals surface area contributed by atoms with E-state index in [4.69, 9.17) is 31.0 Å². The maximum atomic E-state index is 12.5. The highest BCUT2D eigenvalue weighted by Crippen LogP contribution is 2.33. The molecule has 0 fully saturated rings. The first-order valence-electron chi connectivity index (χ1n) is 8.63. The van der Waals surface area contributed by atoms with Crippen LogP contribution in [0.5, 0.6) is 0 Å². The minimum absolute atomic E-state index is 0.245. The van der Waals surface area contributed by atoms with E-state index in [1.807, 2.05) is 11.6 Å². The number of aryl methyl sites for hydroxylation is 1. The van der Waals surface area contributed by atoms with Gasteiger partial charge in [0.25, 0.3) is 5.91 Å². The molecule has 0 spiro atoms. The summed E-state index contributed by atoms with van der Waals surface area (Å²) in [5.41, 5.74) is 3.41. The Kier molecular flexibility index (Phi) is 5.17. The van der Waals surface area contributed by atoms with Crippen molar-refractivity contribution in [2.45, 2.75) is 0 Å². The number of nitrogens with zero attached hydrogens (tertiary/aromatic N) is 3. The number of imidazole rings is 1. The summed E-state index contributed by atoms with van der Waals surface area (Å²) < 4.78 is 1.81. The number of carbonyl (C=O) groups is 1. The van der Waals surface area contributed by atoms with Crippen LogP contribution in [0.2, 0.25) is 10.0 Å². The molecule has 29 heavy (non-hydrogen) atoms. The average Bonchev–Trinajstić information content (AvgIpc) is 3.01. The molecule has 9 heteroatoms. The van der Waals surface area contributed by atoms with E-state index in [1.54, 1.807) is 54.7 Å². The van der Waals surface area contributed by atoms with Crippen LogP contribution >= 0.6 is 23.2 Å². The van der Waals surface area contributed by atoms with Crippen LogP contribution in [0.1, 0.15) is 10.5 Å². The summed E-state index contributed by atoms with van der Waals surface area (Å²) in [6.45, 7) is 0. The highest BCUT2D eigenvalue weighted by Gasteiger charge is 2.15. The number of anilines is 3. The Labute approximate surface area is 178 Å². The second kappa shape index (κ2) is 7.77. The quantitative estimate of drug-likeness (QED) is 0.487. The van der Waals surface area contributed by atoms with Gasteiger partial charge in [0.05, 0.1) is 33.0 Å². The molecule has 0 aliphatic heterocycles. The van der Waals surface area contributed by atoms with Gasteiger partial charge in [-0.05, 0) is 30.3 Å². The molecule has 2 N–H and O–H groups in total. The smallest absolute Gasteiger partial charge is 0.274 e. The average molecular weight is 422 g/mol. The first-order chi connectivity index (χ1) is 13.9. The van der Waals surface area contributed by atoms with Gasteiger partial charge in [-0.3, -0.25) is 4.79 Å². The highest BCUT2D eigenvalue weighted by molar-refractivity contribution is 6.39. The lowest BCUT2D eigenvalue weighted by molar-refractivity contribution is 0.102. The SMILES string of the molecule is [B]c1ccc(NC(=O)c2cc3nc(Nc4c(Cl)cccc4Cl)n(C)c3cn2)cc1.